The molecule has 0 aliphatic rings. The number of aryl methyl sites for hydroxylation is 1. The number of nitrogens with zero attached hydrogens (tertiary/aromatic N) is 3. The number of carbonyl (C=O) groups is 1. The molecule has 0 saturated heterocycles. The summed E-state index contributed by atoms with van der Waals surface area (Å²) in [6.07, 6.45) is 4.58. The Morgan fingerprint density at radius 1 is 1.00 bits per heavy atom. The first-order valence-corrected chi connectivity index (χ1v) is 10.00. The van der Waals surface area contributed by atoms with Crippen LogP contribution < -0.4 is 16.4 Å². The van der Waals surface area contributed by atoms with Crippen LogP contribution in [-0.4, -0.2) is 20.6 Å². The van der Waals surface area contributed by atoms with E-state index in [1.54, 1.807) is 0 Å². The molecule has 30 heavy (non-hydrogen) atoms. The Morgan fingerprint density at radius 2 is 1.70 bits per heavy atom. The second kappa shape index (κ2) is 8.65. The lowest BCUT2D eigenvalue weighted by atomic mass is 10.2. The summed E-state index contributed by atoms with van der Waals surface area (Å²) in [5, 5.41) is 5.66. The smallest absolute Gasteiger partial charge is 0.323 e. The van der Waals surface area contributed by atoms with Crippen molar-refractivity contribution in [3.8, 4) is 5.69 Å². The minimum absolute atomic E-state index is 0.290. The van der Waals surface area contributed by atoms with Gasteiger partial charge in [-0.25, -0.2) is 14.8 Å². The van der Waals surface area contributed by atoms with E-state index in [0.717, 1.165) is 47.4 Å². The number of amides is 2. The van der Waals surface area contributed by atoms with Crippen LogP contribution in [0.1, 0.15) is 25.5 Å². The molecule has 152 valence electrons. The van der Waals surface area contributed by atoms with E-state index in [0.29, 0.717) is 11.5 Å². The third-order valence-electron chi connectivity index (χ3n) is 4.89. The Morgan fingerprint density at radius 3 is 2.40 bits per heavy atom. The first-order chi connectivity index (χ1) is 14.7. The molecule has 4 N–H and O–H groups in total. The van der Waals surface area contributed by atoms with E-state index < -0.39 is 0 Å². The number of para-hydroxylation sites is 1. The quantitative estimate of drug-likeness (QED) is 0.425. The normalized spacial score (nSPS) is 10.8. The van der Waals surface area contributed by atoms with Gasteiger partial charge in [0.1, 0.15) is 11.8 Å². The molecule has 0 bridgehead atoms. The Bertz CT molecular complexity index is 1150. The second-order valence-electron chi connectivity index (χ2n) is 7.06. The van der Waals surface area contributed by atoms with Crippen molar-refractivity contribution in [3.05, 3.63) is 72.7 Å². The van der Waals surface area contributed by atoms with E-state index in [2.05, 4.69) is 38.2 Å². The van der Waals surface area contributed by atoms with E-state index in [9.17, 15) is 4.79 Å². The summed E-state index contributed by atoms with van der Waals surface area (Å²) >= 11 is 0. The summed E-state index contributed by atoms with van der Waals surface area (Å²) in [5.74, 6) is 0.451. The first-order valence-electron chi connectivity index (χ1n) is 10.00. The van der Waals surface area contributed by atoms with Crippen molar-refractivity contribution in [3.63, 3.8) is 0 Å². The number of rotatable bonds is 6. The summed E-state index contributed by atoms with van der Waals surface area (Å²) in [6.45, 7) is 2.17. The van der Waals surface area contributed by atoms with Crippen LogP contribution in [0.15, 0.2) is 67.0 Å². The van der Waals surface area contributed by atoms with Crippen molar-refractivity contribution < 1.29 is 4.79 Å². The number of nitrogens with two attached hydrogens (primary N) is 1. The molecular weight excluding hydrogens is 376 g/mol. The number of fused-ring (bicyclic) bond motifs is 1. The van der Waals surface area contributed by atoms with Crippen molar-refractivity contribution in [2.24, 2.45) is 0 Å². The third kappa shape index (κ3) is 4.10. The molecule has 0 aliphatic carbocycles. The Balaban J connectivity index is 1.59. The van der Waals surface area contributed by atoms with E-state index in [4.69, 9.17) is 5.73 Å². The number of nitrogens with one attached hydrogen (secondary N) is 2. The summed E-state index contributed by atoms with van der Waals surface area (Å²) in [4.78, 5) is 20.8. The van der Waals surface area contributed by atoms with Gasteiger partial charge in [0.2, 0.25) is 0 Å². The molecule has 0 fully saturated rings. The summed E-state index contributed by atoms with van der Waals surface area (Å²) < 4.78 is 2.11. The lowest BCUT2D eigenvalue weighted by Crippen LogP contribution is -2.19. The molecule has 0 radical (unpaired) electrons. The summed E-state index contributed by atoms with van der Waals surface area (Å²) in [5.41, 5.74) is 11.3. The van der Waals surface area contributed by atoms with Crippen LogP contribution in [0.2, 0.25) is 0 Å². The zero-order valence-corrected chi connectivity index (χ0v) is 16.8. The molecule has 0 saturated carbocycles. The first kappa shape index (κ1) is 19.4. The molecule has 0 aliphatic heterocycles. The molecule has 7 heteroatoms. The molecular formula is C23H24N6O. The number of carbonyl (C=O) groups excluding carboxylic acids is 1. The molecule has 2 aromatic carbocycles. The summed E-state index contributed by atoms with van der Waals surface area (Å²) in [6, 6.07) is 18.8. The van der Waals surface area contributed by atoms with E-state index in [1.807, 2.05) is 54.6 Å². The average molecular weight is 400 g/mol. The van der Waals surface area contributed by atoms with Gasteiger partial charge in [0.25, 0.3) is 0 Å². The maximum Gasteiger partial charge on any atom is 0.323 e. The fourth-order valence-corrected chi connectivity index (χ4v) is 3.45. The fourth-order valence-electron chi connectivity index (χ4n) is 3.45. The fraction of sp³-hybridized carbons (Fsp3) is 0.174. The number of nitrogen functional groups attached to an aromatic ring is 1. The predicted octanol–water partition coefficient (Wildman–Crippen LogP) is 4.99. The zero-order valence-electron chi connectivity index (χ0n) is 16.8. The number of anilines is 3. The maximum atomic E-state index is 12.2. The Kier molecular flexibility index (Phi) is 5.61. The van der Waals surface area contributed by atoms with Crippen LogP contribution in [0.3, 0.4) is 0 Å². The maximum absolute atomic E-state index is 12.2. The minimum atomic E-state index is -0.290. The van der Waals surface area contributed by atoms with Gasteiger partial charge in [-0.15, -0.1) is 0 Å². The lowest BCUT2D eigenvalue weighted by molar-refractivity contribution is 0.262. The highest BCUT2D eigenvalue weighted by molar-refractivity contribution is 5.99. The van der Waals surface area contributed by atoms with Gasteiger partial charge in [-0.3, -0.25) is 0 Å². The van der Waals surface area contributed by atoms with Crippen LogP contribution >= 0.6 is 0 Å². The van der Waals surface area contributed by atoms with Crippen molar-refractivity contribution in [2.75, 3.05) is 16.4 Å². The number of aromatic nitrogens is 3. The highest BCUT2D eigenvalue weighted by Gasteiger charge is 2.14. The zero-order chi connectivity index (χ0) is 20.9. The molecule has 0 unspecified atom stereocenters. The number of hydrogen-bond acceptors (Lipinski definition) is 4. The van der Waals surface area contributed by atoms with Crippen LogP contribution in [0.4, 0.5) is 22.0 Å². The van der Waals surface area contributed by atoms with Gasteiger partial charge in [0, 0.05) is 22.8 Å². The number of urea groups is 1. The van der Waals surface area contributed by atoms with E-state index in [1.165, 1.54) is 6.33 Å². The highest BCUT2D eigenvalue weighted by atomic mass is 16.2. The number of hydrogen-bond donors (Lipinski definition) is 3. The third-order valence-corrected chi connectivity index (χ3v) is 4.89. The largest absolute Gasteiger partial charge is 0.382 e. The van der Waals surface area contributed by atoms with Crippen molar-refractivity contribution in [2.45, 2.75) is 26.2 Å². The molecule has 2 amide bonds. The second-order valence-corrected chi connectivity index (χ2v) is 7.06. The molecule has 4 aromatic rings. The molecule has 2 heterocycles. The minimum Gasteiger partial charge on any atom is -0.382 e. The van der Waals surface area contributed by atoms with Crippen molar-refractivity contribution in [1.82, 2.24) is 14.5 Å². The molecule has 4 rings (SSSR count). The Hall–Kier alpha value is -3.87. The average Bonchev–Trinajstić information content (AvgIpc) is 3.13. The Labute approximate surface area is 175 Å². The summed E-state index contributed by atoms with van der Waals surface area (Å²) in [7, 11) is 0. The van der Waals surface area contributed by atoms with Crippen LogP contribution in [0.25, 0.3) is 16.7 Å². The van der Waals surface area contributed by atoms with Gasteiger partial charge in [-0.2, -0.15) is 0 Å². The molecule has 2 aromatic heterocycles. The SMILES string of the molecule is CCCCc1cc2ncnc(N)c2n1-c1ccc(NC(=O)Nc2ccccc2)cc1. The van der Waals surface area contributed by atoms with E-state index >= 15 is 0 Å². The molecule has 0 spiro atoms. The van der Waals surface area contributed by atoms with Gasteiger partial charge in [-0.05, 0) is 55.3 Å². The van der Waals surface area contributed by atoms with E-state index in [-0.39, 0.29) is 6.03 Å². The van der Waals surface area contributed by atoms with Gasteiger partial charge in [0.15, 0.2) is 5.82 Å². The highest BCUT2D eigenvalue weighted by Crippen LogP contribution is 2.28. The van der Waals surface area contributed by atoms with Gasteiger partial charge in [-0.1, -0.05) is 31.5 Å². The number of unbranched alkanes of at least 4 members (excludes halogenated alkanes) is 1. The van der Waals surface area contributed by atoms with Crippen LogP contribution in [0, 0.1) is 0 Å². The topological polar surface area (TPSA) is 97.9 Å². The van der Waals surface area contributed by atoms with Gasteiger partial charge >= 0.3 is 6.03 Å². The van der Waals surface area contributed by atoms with Crippen LogP contribution in [-0.2, 0) is 6.42 Å². The predicted molar refractivity (Wildman–Crippen MR) is 121 cm³/mol. The monoisotopic (exact) mass is 400 g/mol. The van der Waals surface area contributed by atoms with Crippen molar-refractivity contribution in [1.29, 1.82) is 0 Å². The molecule has 7 nitrogen and oxygen atoms in total. The van der Waals surface area contributed by atoms with Gasteiger partial charge < -0.3 is 20.9 Å². The standard InChI is InChI=1S/C23H24N6O/c1-2-3-9-19-14-20-21(22(24)26-15-25-20)29(19)18-12-10-17(11-13-18)28-23(30)27-16-7-5-4-6-8-16/h4-8,10-15H,2-3,9H2,1H3,(H2,24,25,26)(H2,27,28,30). The number of benzene rings is 2. The van der Waals surface area contributed by atoms with Gasteiger partial charge in [0.05, 0.1) is 5.52 Å². The van der Waals surface area contributed by atoms with Crippen molar-refractivity contribution >= 4 is 34.3 Å². The molecule has 0 atom stereocenters. The van der Waals surface area contributed by atoms with Crippen LogP contribution in [0.5, 0.6) is 0 Å². The lowest BCUT2D eigenvalue weighted by Gasteiger charge is -2.13.